The topological polar surface area (TPSA) is 61.7 Å². The Morgan fingerprint density at radius 2 is 1.66 bits per heavy atom. The number of hydrogen-bond donors (Lipinski definition) is 2. The number of imidazole rings is 1. The highest BCUT2D eigenvalue weighted by Gasteiger charge is 2.27. The van der Waals surface area contributed by atoms with Crippen molar-refractivity contribution in [3.8, 4) is 0 Å². The minimum Gasteiger partial charge on any atom is -0.308 e. The Bertz CT molecular complexity index is 978. The van der Waals surface area contributed by atoms with Gasteiger partial charge in [0, 0.05) is 29.8 Å². The van der Waals surface area contributed by atoms with Crippen molar-refractivity contribution < 1.29 is 4.79 Å². The number of urea groups is 1. The minimum absolute atomic E-state index is 0.245. The molecule has 1 aliphatic rings. The zero-order valence-electron chi connectivity index (χ0n) is 17.4. The number of pyridine rings is 1. The van der Waals surface area contributed by atoms with Crippen molar-refractivity contribution in [1.82, 2.24) is 14.3 Å². The number of rotatable bonds is 3. The van der Waals surface area contributed by atoms with Crippen molar-refractivity contribution in [3.63, 3.8) is 0 Å². The fourth-order valence-electron chi connectivity index (χ4n) is 4.01. The van der Waals surface area contributed by atoms with Crippen molar-refractivity contribution in [2.24, 2.45) is 0 Å². The van der Waals surface area contributed by atoms with Gasteiger partial charge in [-0.05, 0) is 82.4 Å². The van der Waals surface area contributed by atoms with Crippen molar-refractivity contribution in [2.75, 3.05) is 23.7 Å². The van der Waals surface area contributed by atoms with E-state index >= 15 is 0 Å². The highest BCUT2D eigenvalue weighted by Crippen LogP contribution is 2.31. The van der Waals surface area contributed by atoms with Crippen LogP contribution in [-0.2, 0) is 0 Å². The molecule has 2 N–H and O–H groups in total. The van der Waals surface area contributed by atoms with Gasteiger partial charge in [-0.3, -0.25) is 4.90 Å². The molecule has 1 saturated heterocycles. The molecule has 0 saturated carbocycles. The van der Waals surface area contributed by atoms with Crippen molar-refractivity contribution >= 4 is 23.1 Å². The van der Waals surface area contributed by atoms with E-state index < -0.39 is 0 Å². The quantitative estimate of drug-likeness (QED) is 0.664. The summed E-state index contributed by atoms with van der Waals surface area (Å²) in [5, 5.41) is 5.77. The van der Waals surface area contributed by atoms with Crippen LogP contribution in [0.3, 0.4) is 0 Å². The van der Waals surface area contributed by atoms with Crippen molar-refractivity contribution in [3.05, 3.63) is 60.6 Å². The normalized spacial score (nSPS) is 16.1. The van der Waals surface area contributed by atoms with Gasteiger partial charge in [-0.2, -0.15) is 0 Å². The molecule has 1 aromatic carbocycles. The fourth-order valence-corrected chi connectivity index (χ4v) is 4.01. The van der Waals surface area contributed by atoms with E-state index in [2.05, 4.69) is 53.4 Å². The molecular weight excluding hydrogens is 362 g/mol. The third-order valence-corrected chi connectivity index (χ3v) is 5.73. The number of amides is 2. The van der Waals surface area contributed by atoms with Gasteiger partial charge in [0.2, 0.25) is 0 Å². The summed E-state index contributed by atoms with van der Waals surface area (Å²) < 4.78 is 1.87. The summed E-state index contributed by atoms with van der Waals surface area (Å²) in [6, 6.07) is 11.7. The predicted molar refractivity (Wildman–Crippen MR) is 118 cm³/mol. The molecule has 1 fully saturated rings. The summed E-state index contributed by atoms with van der Waals surface area (Å²) in [6.07, 6.45) is 7.79. The van der Waals surface area contributed by atoms with Crippen molar-refractivity contribution in [1.29, 1.82) is 0 Å². The molecular formula is C23H29N5O. The highest BCUT2D eigenvalue weighted by atomic mass is 16.2. The number of carbonyl (C=O) groups is 1. The molecule has 6 heteroatoms. The number of likely N-dealkylation sites (tertiary alicyclic amines) is 1. The van der Waals surface area contributed by atoms with Crippen LogP contribution in [0.5, 0.6) is 0 Å². The number of benzene rings is 1. The van der Waals surface area contributed by atoms with Crippen LogP contribution >= 0.6 is 0 Å². The third-order valence-electron chi connectivity index (χ3n) is 5.73. The molecule has 0 aliphatic carbocycles. The molecule has 3 heterocycles. The zero-order chi connectivity index (χ0) is 20.4. The second-order valence-electron chi connectivity index (χ2n) is 8.74. The maximum Gasteiger partial charge on any atom is 0.323 e. The number of anilines is 2. The van der Waals surface area contributed by atoms with E-state index in [4.69, 9.17) is 0 Å². The lowest BCUT2D eigenvalue weighted by molar-refractivity contribution is 0.102. The highest BCUT2D eigenvalue weighted by molar-refractivity contribution is 5.99. The average molecular weight is 392 g/mol. The van der Waals surface area contributed by atoms with E-state index in [9.17, 15) is 4.79 Å². The summed E-state index contributed by atoms with van der Waals surface area (Å²) in [7, 11) is 0. The van der Waals surface area contributed by atoms with Crippen LogP contribution in [0.25, 0.3) is 5.65 Å². The second-order valence-corrected chi connectivity index (χ2v) is 8.74. The van der Waals surface area contributed by atoms with Gasteiger partial charge in [0.05, 0.1) is 5.69 Å². The Kier molecular flexibility index (Phi) is 5.28. The molecule has 152 valence electrons. The van der Waals surface area contributed by atoms with Crippen LogP contribution in [-0.4, -0.2) is 38.9 Å². The largest absolute Gasteiger partial charge is 0.323 e. The van der Waals surface area contributed by atoms with Gasteiger partial charge in [-0.25, -0.2) is 9.78 Å². The van der Waals surface area contributed by atoms with E-state index in [-0.39, 0.29) is 11.6 Å². The molecule has 0 spiro atoms. The van der Waals surface area contributed by atoms with Gasteiger partial charge < -0.3 is 15.0 Å². The van der Waals surface area contributed by atoms with E-state index in [1.54, 1.807) is 6.20 Å². The van der Waals surface area contributed by atoms with Crippen LogP contribution in [0.4, 0.5) is 16.2 Å². The lowest BCUT2D eigenvalue weighted by atomic mass is 9.87. The molecule has 4 rings (SSSR count). The summed E-state index contributed by atoms with van der Waals surface area (Å²) in [6.45, 7) is 9.13. The molecule has 29 heavy (non-hydrogen) atoms. The molecule has 0 bridgehead atoms. The number of fused-ring (bicyclic) bond motifs is 1. The summed E-state index contributed by atoms with van der Waals surface area (Å²) >= 11 is 0. The van der Waals surface area contributed by atoms with E-state index in [0.717, 1.165) is 30.1 Å². The lowest BCUT2D eigenvalue weighted by Crippen LogP contribution is -2.45. The smallest absolute Gasteiger partial charge is 0.308 e. The molecule has 2 aromatic heterocycles. The Balaban J connectivity index is 1.32. The Labute approximate surface area is 171 Å². The number of nitrogens with zero attached hydrogens (tertiary/aromatic N) is 3. The van der Waals surface area contributed by atoms with E-state index in [1.165, 1.54) is 18.4 Å². The van der Waals surface area contributed by atoms with Crippen LogP contribution in [0.2, 0.25) is 0 Å². The first-order valence-corrected chi connectivity index (χ1v) is 10.2. The first-order chi connectivity index (χ1) is 13.9. The number of hydrogen-bond acceptors (Lipinski definition) is 3. The van der Waals surface area contributed by atoms with E-state index in [0.29, 0.717) is 5.92 Å². The van der Waals surface area contributed by atoms with Crippen LogP contribution in [0.15, 0.2) is 55.0 Å². The average Bonchev–Trinajstić information content (AvgIpc) is 3.16. The van der Waals surface area contributed by atoms with Gasteiger partial charge in [0.25, 0.3) is 0 Å². The molecule has 2 amide bonds. The van der Waals surface area contributed by atoms with Gasteiger partial charge in [-0.1, -0.05) is 12.1 Å². The predicted octanol–water partition coefficient (Wildman–Crippen LogP) is 4.96. The Morgan fingerprint density at radius 3 is 2.34 bits per heavy atom. The molecule has 6 nitrogen and oxygen atoms in total. The van der Waals surface area contributed by atoms with Crippen LogP contribution in [0, 0.1) is 0 Å². The summed E-state index contributed by atoms with van der Waals surface area (Å²) in [5.41, 5.74) is 3.96. The number of aromatic nitrogens is 2. The van der Waals surface area contributed by atoms with Crippen LogP contribution < -0.4 is 10.6 Å². The number of piperidine rings is 1. The molecule has 0 radical (unpaired) electrons. The standard InChI is InChI=1S/C23H29N5O/c1-23(2,3)28-13-10-18(11-14-28)17-4-6-19(7-5-17)25-22(29)26-20-8-9-21-24-12-15-27(21)16-20/h4-9,12,15-16,18H,10-11,13-14H2,1-3H3,(H2,25,26,29). The van der Waals surface area contributed by atoms with Gasteiger partial charge in [-0.15, -0.1) is 0 Å². The number of nitrogens with one attached hydrogen (secondary N) is 2. The Morgan fingerprint density at radius 1 is 1.00 bits per heavy atom. The number of carbonyl (C=O) groups excluding carboxylic acids is 1. The molecule has 3 aromatic rings. The first-order valence-electron chi connectivity index (χ1n) is 10.2. The zero-order valence-corrected chi connectivity index (χ0v) is 17.4. The molecule has 0 atom stereocenters. The monoisotopic (exact) mass is 391 g/mol. The summed E-state index contributed by atoms with van der Waals surface area (Å²) in [5.74, 6) is 0.596. The summed E-state index contributed by atoms with van der Waals surface area (Å²) in [4.78, 5) is 19.1. The maximum absolute atomic E-state index is 12.3. The lowest BCUT2D eigenvalue weighted by Gasteiger charge is -2.41. The molecule has 0 unspecified atom stereocenters. The second kappa shape index (κ2) is 7.87. The SMILES string of the molecule is CC(C)(C)N1CCC(c2ccc(NC(=O)Nc3ccc4nccn4c3)cc2)CC1. The van der Waals surface area contributed by atoms with Crippen LogP contribution in [0.1, 0.15) is 45.1 Å². The van der Waals surface area contributed by atoms with Crippen molar-refractivity contribution in [2.45, 2.75) is 45.1 Å². The minimum atomic E-state index is -0.254. The maximum atomic E-state index is 12.3. The third kappa shape index (κ3) is 4.59. The van der Waals surface area contributed by atoms with Gasteiger partial charge in [0.1, 0.15) is 5.65 Å². The van der Waals surface area contributed by atoms with Gasteiger partial charge >= 0.3 is 6.03 Å². The van der Waals surface area contributed by atoms with E-state index in [1.807, 2.05) is 41.1 Å². The van der Waals surface area contributed by atoms with Gasteiger partial charge in [0.15, 0.2) is 0 Å². The Hall–Kier alpha value is -2.86. The molecule has 1 aliphatic heterocycles. The first kappa shape index (κ1) is 19.5. The fraction of sp³-hybridized carbons (Fsp3) is 0.391.